The van der Waals surface area contributed by atoms with Gasteiger partial charge in [-0.3, -0.25) is 19.8 Å². The van der Waals surface area contributed by atoms with E-state index >= 15 is 0 Å². The van der Waals surface area contributed by atoms with Crippen LogP contribution in [0, 0.1) is 12.3 Å². The van der Waals surface area contributed by atoms with E-state index in [4.69, 9.17) is 28.1 Å². The van der Waals surface area contributed by atoms with Crippen molar-refractivity contribution in [3.05, 3.63) is 42.0 Å². The summed E-state index contributed by atoms with van der Waals surface area (Å²) in [7, 11) is 1.48. The first-order valence-corrected chi connectivity index (χ1v) is 7.66. The van der Waals surface area contributed by atoms with Gasteiger partial charge in [0.05, 0.1) is 7.11 Å². The van der Waals surface area contributed by atoms with Crippen molar-refractivity contribution in [2.75, 3.05) is 20.3 Å². The van der Waals surface area contributed by atoms with Crippen LogP contribution in [0.3, 0.4) is 0 Å². The summed E-state index contributed by atoms with van der Waals surface area (Å²) in [4.78, 5) is 25.9. The first-order chi connectivity index (χ1) is 12.0. The standard InChI is InChI=1S/C18H16N2O4S/c1-4-8-20-17(22)13(16(21)19-18(20)25)10-12-6-7-14(24-9-5-2)15(11-12)23-3/h2,4,6-7,10-11H,1,8-9H2,3H3,(H,19,21,25). The molecule has 128 valence electrons. The highest BCUT2D eigenvalue weighted by molar-refractivity contribution is 7.80. The third-order valence-electron chi connectivity index (χ3n) is 3.31. The fourth-order valence-corrected chi connectivity index (χ4v) is 2.42. The third-order valence-corrected chi connectivity index (χ3v) is 3.63. The van der Waals surface area contributed by atoms with E-state index in [9.17, 15) is 9.59 Å². The number of nitrogens with one attached hydrogen (secondary N) is 1. The molecule has 0 saturated carbocycles. The highest BCUT2D eigenvalue weighted by Crippen LogP contribution is 2.29. The second-order valence-electron chi connectivity index (χ2n) is 4.92. The van der Waals surface area contributed by atoms with E-state index in [1.54, 1.807) is 18.2 Å². The second kappa shape index (κ2) is 8.13. The van der Waals surface area contributed by atoms with Crippen molar-refractivity contribution in [2.45, 2.75) is 0 Å². The molecule has 0 spiro atoms. The normalized spacial score (nSPS) is 15.6. The van der Waals surface area contributed by atoms with Gasteiger partial charge in [0.15, 0.2) is 16.6 Å². The van der Waals surface area contributed by atoms with Gasteiger partial charge in [0.25, 0.3) is 11.8 Å². The van der Waals surface area contributed by atoms with Crippen molar-refractivity contribution in [1.29, 1.82) is 0 Å². The van der Waals surface area contributed by atoms with E-state index in [-0.39, 0.29) is 23.8 Å². The molecule has 0 bridgehead atoms. The number of hydrogen-bond acceptors (Lipinski definition) is 5. The van der Waals surface area contributed by atoms with Gasteiger partial charge in [0.1, 0.15) is 12.2 Å². The molecule has 1 aromatic rings. The van der Waals surface area contributed by atoms with Crippen LogP contribution in [0.25, 0.3) is 6.08 Å². The van der Waals surface area contributed by atoms with Gasteiger partial charge in [0.2, 0.25) is 0 Å². The Morgan fingerprint density at radius 1 is 1.40 bits per heavy atom. The lowest BCUT2D eigenvalue weighted by Gasteiger charge is -2.27. The zero-order valence-electron chi connectivity index (χ0n) is 13.6. The zero-order valence-corrected chi connectivity index (χ0v) is 14.4. The number of hydrogen-bond donors (Lipinski definition) is 1. The molecule has 1 N–H and O–H groups in total. The highest BCUT2D eigenvalue weighted by Gasteiger charge is 2.32. The summed E-state index contributed by atoms with van der Waals surface area (Å²) >= 11 is 5.01. The topological polar surface area (TPSA) is 67.9 Å². The predicted molar refractivity (Wildman–Crippen MR) is 97.9 cm³/mol. The molecule has 1 saturated heterocycles. The molecule has 1 heterocycles. The van der Waals surface area contributed by atoms with Crippen LogP contribution in [0.2, 0.25) is 0 Å². The molecule has 1 aliphatic rings. The number of rotatable bonds is 6. The van der Waals surface area contributed by atoms with E-state index in [0.717, 1.165) is 0 Å². The van der Waals surface area contributed by atoms with E-state index in [2.05, 4.69) is 17.8 Å². The van der Waals surface area contributed by atoms with Gasteiger partial charge in [0, 0.05) is 6.54 Å². The van der Waals surface area contributed by atoms with Crippen LogP contribution in [0.15, 0.2) is 36.4 Å². The molecule has 7 heteroatoms. The van der Waals surface area contributed by atoms with Gasteiger partial charge >= 0.3 is 0 Å². The van der Waals surface area contributed by atoms with Crippen molar-refractivity contribution < 1.29 is 19.1 Å². The SMILES string of the molecule is C#CCOc1ccc(C=C2C(=O)NC(=S)N(CC=C)C2=O)cc1OC. The maximum absolute atomic E-state index is 12.5. The van der Waals surface area contributed by atoms with Crippen molar-refractivity contribution in [2.24, 2.45) is 0 Å². The van der Waals surface area contributed by atoms with Crippen LogP contribution < -0.4 is 14.8 Å². The maximum atomic E-state index is 12.5. The van der Waals surface area contributed by atoms with Crippen molar-refractivity contribution in [1.82, 2.24) is 10.2 Å². The fraction of sp³-hybridized carbons (Fsp3) is 0.167. The average molecular weight is 356 g/mol. The molecular weight excluding hydrogens is 340 g/mol. The second-order valence-corrected chi connectivity index (χ2v) is 5.31. The van der Waals surface area contributed by atoms with Gasteiger partial charge in [-0.2, -0.15) is 0 Å². The Bertz CT molecular complexity index is 808. The molecule has 0 aromatic heterocycles. The fourth-order valence-electron chi connectivity index (χ4n) is 2.17. The Morgan fingerprint density at radius 2 is 2.16 bits per heavy atom. The summed E-state index contributed by atoms with van der Waals surface area (Å²) in [5.74, 6) is 2.23. The van der Waals surface area contributed by atoms with Gasteiger partial charge in [-0.15, -0.1) is 13.0 Å². The average Bonchev–Trinajstić information content (AvgIpc) is 2.60. The lowest BCUT2D eigenvalue weighted by molar-refractivity contribution is -0.128. The van der Waals surface area contributed by atoms with E-state index in [1.807, 2.05) is 0 Å². The summed E-state index contributed by atoms with van der Waals surface area (Å²) in [6.07, 6.45) is 8.16. The van der Waals surface area contributed by atoms with Gasteiger partial charge in [-0.1, -0.05) is 18.1 Å². The summed E-state index contributed by atoms with van der Waals surface area (Å²) in [5.41, 5.74) is 0.560. The first-order valence-electron chi connectivity index (χ1n) is 7.26. The minimum atomic E-state index is -0.554. The predicted octanol–water partition coefficient (Wildman–Crippen LogP) is 1.52. The highest BCUT2D eigenvalue weighted by atomic mass is 32.1. The van der Waals surface area contributed by atoms with Gasteiger partial charge < -0.3 is 9.47 Å². The van der Waals surface area contributed by atoms with Crippen molar-refractivity contribution in [3.8, 4) is 23.8 Å². The largest absolute Gasteiger partial charge is 0.493 e. The zero-order chi connectivity index (χ0) is 18.4. The maximum Gasteiger partial charge on any atom is 0.265 e. The molecule has 0 unspecified atom stereocenters. The lowest BCUT2D eigenvalue weighted by Crippen LogP contribution is -2.53. The summed E-state index contributed by atoms with van der Waals surface area (Å²) in [6.45, 7) is 3.89. The number of amides is 2. The Morgan fingerprint density at radius 3 is 2.80 bits per heavy atom. The minimum absolute atomic E-state index is 0.0326. The van der Waals surface area contributed by atoms with Gasteiger partial charge in [-0.25, -0.2) is 0 Å². The minimum Gasteiger partial charge on any atom is -0.493 e. The Hall–Kier alpha value is -3.11. The van der Waals surface area contributed by atoms with Crippen LogP contribution >= 0.6 is 12.2 Å². The first kappa shape index (κ1) is 18.2. The number of terminal acetylenes is 1. The molecule has 2 rings (SSSR count). The van der Waals surface area contributed by atoms with E-state index in [1.165, 1.54) is 24.2 Å². The number of nitrogens with zero attached hydrogens (tertiary/aromatic N) is 1. The molecule has 2 amide bonds. The molecular formula is C18H16N2O4S. The lowest BCUT2D eigenvalue weighted by atomic mass is 10.1. The quantitative estimate of drug-likeness (QED) is 0.275. The number of thiocarbonyl (C=S) groups is 1. The van der Waals surface area contributed by atoms with Gasteiger partial charge in [-0.05, 0) is 36.0 Å². The molecule has 1 fully saturated rings. The van der Waals surface area contributed by atoms with Crippen molar-refractivity contribution in [3.63, 3.8) is 0 Å². The summed E-state index contributed by atoms with van der Waals surface area (Å²) < 4.78 is 10.6. The molecule has 1 aliphatic heterocycles. The molecule has 25 heavy (non-hydrogen) atoms. The molecule has 1 aromatic carbocycles. The Labute approximate surface area is 151 Å². The van der Waals surface area contributed by atoms with Crippen LogP contribution in [0.1, 0.15) is 5.56 Å². The van der Waals surface area contributed by atoms with Crippen LogP contribution in [-0.4, -0.2) is 42.1 Å². The van der Waals surface area contributed by atoms with E-state index in [0.29, 0.717) is 17.1 Å². The number of ether oxygens (including phenoxy) is 2. The molecule has 0 radical (unpaired) electrons. The monoisotopic (exact) mass is 356 g/mol. The molecule has 0 aliphatic carbocycles. The summed E-state index contributed by atoms with van der Waals surface area (Å²) in [5, 5.41) is 2.54. The Kier molecular flexibility index (Phi) is 5.93. The number of methoxy groups -OCH3 is 1. The molecule has 6 nitrogen and oxygen atoms in total. The smallest absolute Gasteiger partial charge is 0.265 e. The van der Waals surface area contributed by atoms with Crippen LogP contribution in [0.5, 0.6) is 11.5 Å². The van der Waals surface area contributed by atoms with E-state index < -0.39 is 11.8 Å². The number of benzene rings is 1. The third kappa shape index (κ3) is 4.05. The van der Waals surface area contributed by atoms with Crippen LogP contribution in [0.4, 0.5) is 0 Å². The summed E-state index contributed by atoms with van der Waals surface area (Å²) in [6, 6.07) is 4.98. The number of carbonyl (C=O) groups is 2. The molecule has 0 atom stereocenters. The number of carbonyl (C=O) groups excluding carboxylic acids is 2. The van der Waals surface area contributed by atoms with Crippen molar-refractivity contribution >= 4 is 35.2 Å². The Balaban J connectivity index is 2.36. The van der Waals surface area contributed by atoms with Crippen LogP contribution in [-0.2, 0) is 9.59 Å².